The Morgan fingerprint density at radius 1 is 1.05 bits per heavy atom. The molecule has 4 bridgehead atoms. The van der Waals surface area contributed by atoms with Gasteiger partial charge in [0.1, 0.15) is 0 Å². The van der Waals surface area contributed by atoms with Crippen molar-refractivity contribution in [3.63, 3.8) is 0 Å². The van der Waals surface area contributed by atoms with Gasteiger partial charge in [-0.2, -0.15) is 0 Å². The van der Waals surface area contributed by atoms with Crippen LogP contribution in [-0.2, 0) is 4.74 Å². The van der Waals surface area contributed by atoms with Gasteiger partial charge in [-0.15, -0.1) is 0 Å². The summed E-state index contributed by atoms with van der Waals surface area (Å²) in [4.78, 5) is 0. The molecule has 0 aromatic rings. The SMILES string of the molecule is CC1CC[C@H]2[C@H](O)[C@@H]1C(C[C@@H]1[C@@H](C)[C@]3(C)CC[C@@]1(C)O3)[C@@H]2C. The standard InChI is InChI=1S/C20H34O2/c1-11-6-7-14-12(2)15(17(11)18(14)21)10-16-13(3)19(4)8-9-20(16,5)22-19/h11-18,21H,6-10H2,1-5H3/t11?,12-,13-,14-,15?,16-,17+,18+,19+,20-/m1/s1. The molecule has 0 aromatic heterocycles. The fourth-order valence-electron chi connectivity index (χ4n) is 7.14. The minimum absolute atomic E-state index is 0.0399. The lowest BCUT2D eigenvalue weighted by atomic mass is 9.63. The van der Waals surface area contributed by atoms with Gasteiger partial charge in [-0.05, 0) is 87.4 Å². The number of aliphatic hydroxyl groups is 1. The minimum Gasteiger partial charge on any atom is -0.393 e. The van der Waals surface area contributed by atoms with Crippen molar-refractivity contribution in [1.29, 1.82) is 0 Å². The Hall–Kier alpha value is -0.0800. The van der Waals surface area contributed by atoms with Crippen LogP contribution in [0.25, 0.3) is 0 Å². The molecule has 2 saturated carbocycles. The summed E-state index contributed by atoms with van der Waals surface area (Å²) in [6, 6.07) is 0. The molecule has 2 nitrogen and oxygen atoms in total. The van der Waals surface area contributed by atoms with Crippen LogP contribution in [0, 0.1) is 41.4 Å². The zero-order valence-electron chi connectivity index (χ0n) is 15.0. The van der Waals surface area contributed by atoms with Crippen LogP contribution < -0.4 is 0 Å². The fraction of sp³-hybridized carbons (Fsp3) is 1.00. The Kier molecular flexibility index (Phi) is 3.32. The molecule has 126 valence electrons. The van der Waals surface area contributed by atoms with Crippen molar-refractivity contribution < 1.29 is 9.84 Å². The topological polar surface area (TPSA) is 29.5 Å². The van der Waals surface area contributed by atoms with Crippen LogP contribution in [0.15, 0.2) is 0 Å². The van der Waals surface area contributed by atoms with E-state index in [9.17, 15) is 5.11 Å². The summed E-state index contributed by atoms with van der Waals surface area (Å²) in [7, 11) is 0. The lowest BCUT2D eigenvalue weighted by Gasteiger charge is -2.39. The molecule has 0 aromatic carbocycles. The summed E-state index contributed by atoms with van der Waals surface area (Å²) in [6.07, 6.45) is 6.25. The van der Waals surface area contributed by atoms with Gasteiger partial charge < -0.3 is 9.84 Å². The van der Waals surface area contributed by atoms with E-state index in [0.717, 1.165) is 0 Å². The average Bonchev–Trinajstić information content (AvgIpc) is 2.91. The smallest absolute Gasteiger partial charge is 0.0694 e. The molecule has 2 heteroatoms. The largest absolute Gasteiger partial charge is 0.393 e. The zero-order chi connectivity index (χ0) is 15.9. The molecule has 2 aliphatic carbocycles. The number of hydrogen-bond acceptors (Lipinski definition) is 2. The molecule has 4 aliphatic rings. The highest BCUT2D eigenvalue weighted by Gasteiger charge is 2.62. The van der Waals surface area contributed by atoms with Gasteiger partial charge in [0, 0.05) is 0 Å². The molecule has 1 N–H and O–H groups in total. The summed E-state index contributed by atoms with van der Waals surface area (Å²) < 4.78 is 6.52. The molecule has 4 rings (SSSR count). The van der Waals surface area contributed by atoms with Crippen molar-refractivity contribution in [1.82, 2.24) is 0 Å². The van der Waals surface area contributed by atoms with Gasteiger partial charge in [0.15, 0.2) is 0 Å². The third-order valence-corrected chi connectivity index (χ3v) is 8.75. The van der Waals surface area contributed by atoms with Crippen LogP contribution in [0.2, 0.25) is 0 Å². The highest BCUT2D eigenvalue weighted by molar-refractivity contribution is 5.11. The maximum atomic E-state index is 10.8. The van der Waals surface area contributed by atoms with Crippen LogP contribution >= 0.6 is 0 Å². The lowest BCUT2D eigenvalue weighted by Crippen LogP contribution is -2.40. The van der Waals surface area contributed by atoms with E-state index in [0.29, 0.717) is 41.4 Å². The Morgan fingerprint density at radius 3 is 2.36 bits per heavy atom. The molecule has 0 amide bonds. The molecular formula is C20H34O2. The second-order valence-electron chi connectivity index (χ2n) is 9.67. The van der Waals surface area contributed by atoms with Gasteiger partial charge in [0.25, 0.3) is 0 Å². The quantitative estimate of drug-likeness (QED) is 0.826. The van der Waals surface area contributed by atoms with Crippen LogP contribution in [0.1, 0.15) is 66.7 Å². The van der Waals surface area contributed by atoms with Crippen molar-refractivity contribution in [3.05, 3.63) is 0 Å². The van der Waals surface area contributed by atoms with Gasteiger partial charge in [0.2, 0.25) is 0 Å². The van der Waals surface area contributed by atoms with E-state index in [1.807, 2.05) is 0 Å². The molecule has 2 heterocycles. The normalized spacial score (nSPS) is 63.5. The van der Waals surface area contributed by atoms with Crippen LogP contribution in [0.4, 0.5) is 0 Å². The van der Waals surface area contributed by atoms with Crippen molar-refractivity contribution >= 4 is 0 Å². The summed E-state index contributed by atoms with van der Waals surface area (Å²) >= 11 is 0. The number of ether oxygens (including phenoxy) is 1. The Bertz CT molecular complexity index is 463. The monoisotopic (exact) mass is 306 g/mol. The van der Waals surface area contributed by atoms with Gasteiger partial charge in [-0.3, -0.25) is 0 Å². The molecular weight excluding hydrogens is 272 g/mol. The van der Waals surface area contributed by atoms with Crippen LogP contribution in [0.5, 0.6) is 0 Å². The first-order valence-corrected chi connectivity index (χ1v) is 9.65. The van der Waals surface area contributed by atoms with E-state index in [1.54, 1.807) is 0 Å². The van der Waals surface area contributed by atoms with Crippen molar-refractivity contribution in [2.45, 2.75) is 84.0 Å². The van der Waals surface area contributed by atoms with Gasteiger partial charge >= 0.3 is 0 Å². The molecule has 10 atom stereocenters. The molecule has 2 saturated heterocycles. The number of rotatable bonds is 2. The summed E-state index contributed by atoms with van der Waals surface area (Å²) in [5.74, 6) is 4.52. The van der Waals surface area contributed by atoms with Crippen molar-refractivity contribution in [2.75, 3.05) is 0 Å². The number of hydrogen-bond donors (Lipinski definition) is 1. The fourth-order valence-corrected chi connectivity index (χ4v) is 7.14. The molecule has 0 spiro atoms. The predicted octanol–water partition coefficient (Wildman–Crippen LogP) is 4.26. The lowest BCUT2D eigenvalue weighted by molar-refractivity contribution is -0.0457. The average molecular weight is 306 g/mol. The molecule has 2 aliphatic heterocycles. The first kappa shape index (κ1) is 15.4. The highest BCUT2D eigenvalue weighted by atomic mass is 16.5. The van der Waals surface area contributed by atoms with Gasteiger partial charge in [0.05, 0.1) is 17.3 Å². The van der Waals surface area contributed by atoms with Gasteiger partial charge in [-0.1, -0.05) is 20.8 Å². The van der Waals surface area contributed by atoms with Crippen molar-refractivity contribution in [2.24, 2.45) is 41.4 Å². The second-order valence-corrected chi connectivity index (χ2v) is 9.67. The minimum atomic E-state index is -0.0399. The summed E-state index contributed by atoms with van der Waals surface area (Å²) in [6.45, 7) is 11.9. The van der Waals surface area contributed by atoms with E-state index in [-0.39, 0.29) is 17.3 Å². The molecule has 4 fully saturated rings. The summed E-state index contributed by atoms with van der Waals surface area (Å²) in [5, 5.41) is 10.8. The second kappa shape index (κ2) is 4.72. The summed E-state index contributed by atoms with van der Waals surface area (Å²) in [5.41, 5.74) is 0.208. The molecule has 2 unspecified atom stereocenters. The Morgan fingerprint density at radius 2 is 1.73 bits per heavy atom. The van der Waals surface area contributed by atoms with E-state index in [2.05, 4.69) is 34.6 Å². The number of fused-ring (bicyclic) bond motifs is 4. The number of aliphatic hydroxyl groups excluding tert-OH is 1. The first-order chi connectivity index (χ1) is 10.3. The Balaban J connectivity index is 1.59. The van der Waals surface area contributed by atoms with E-state index in [4.69, 9.17) is 4.74 Å². The zero-order valence-corrected chi connectivity index (χ0v) is 15.0. The predicted molar refractivity (Wildman–Crippen MR) is 88.4 cm³/mol. The third kappa shape index (κ3) is 1.86. The molecule has 0 radical (unpaired) electrons. The van der Waals surface area contributed by atoms with Gasteiger partial charge in [-0.25, -0.2) is 0 Å². The third-order valence-electron chi connectivity index (χ3n) is 8.75. The first-order valence-electron chi connectivity index (χ1n) is 9.65. The maximum Gasteiger partial charge on any atom is 0.0694 e. The highest BCUT2D eigenvalue weighted by Crippen LogP contribution is 2.62. The van der Waals surface area contributed by atoms with E-state index in [1.165, 1.54) is 32.1 Å². The van der Waals surface area contributed by atoms with E-state index >= 15 is 0 Å². The Labute approximate surface area is 136 Å². The van der Waals surface area contributed by atoms with Crippen LogP contribution in [0.3, 0.4) is 0 Å². The van der Waals surface area contributed by atoms with Crippen molar-refractivity contribution in [3.8, 4) is 0 Å². The van der Waals surface area contributed by atoms with E-state index < -0.39 is 0 Å². The maximum absolute atomic E-state index is 10.8. The molecule has 22 heavy (non-hydrogen) atoms. The van der Waals surface area contributed by atoms with Crippen LogP contribution in [-0.4, -0.2) is 22.4 Å².